The summed E-state index contributed by atoms with van der Waals surface area (Å²) in [6.45, 7) is 0. The largest absolute Gasteiger partial charge is 0.228 e. The van der Waals surface area contributed by atoms with E-state index >= 15 is 0 Å². The van der Waals surface area contributed by atoms with Gasteiger partial charge in [0, 0.05) is 36.9 Å². The first kappa shape index (κ1) is 31.1. The van der Waals surface area contributed by atoms with Gasteiger partial charge in [0.05, 0.1) is 11.4 Å². The molecule has 248 valence electrons. The molecule has 2 nitrogen and oxygen atoms in total. The molecule has 0 amide bonds. The van der Waals surface area contributed by atoms with Crippen molar-refractivity contribution in [1.82, 2.24) is 9.97 Å². The predicted molar refractivity (Wildman–Crippen MR) is 225 cm³/mol. The van der Waals surface area contributed by atoms with E-state index in [1.807, 2.05) is 29.5 Å². The minimum absolute atomic E-state index is 0.701. The van der Waals surface area contributed by atoms with Gasteiger partial charge < -0.3 is 0 Å². The molecule has 10 aromatic rings. The van der Waals surface area contributed by atoms with Crippen LogP contribution in [-0.2, 0) is 0 Å². The third-order valence-corrected chi connectivity index (χ3v) is 11.2. The van der Waals surface area contributed by atoms with Crippen LogP contribution in [0.5, 0.6) is 0 Å². The molecule has 0 saturated heterocycles. The first-order chi connectivity index (χ1) is 26.2. The topological polar surface area (TPSA) is 25.8 Å². The monoisotopic (exact) mass is 692 g/mol. The van der Waals surface area contributed by atoms with Crippen molar-refractivity contribution in [3.63, 3.8) is 0 Å². The van der Waals surface area contributed by atoms with E-state index < -0.39 is 0 Å². The highest BCUT2D eigenvalue weighted by Gasteiger charge is 2.17. The van der Waals surface area contributed by atoms with Gasteiger partial charge in [0.1, 0.15) is 0 Å². The minimum atomic E-state index is 0.701. The summed E-state index contributed by atoms with van der Waals surface area (Å²) < 4.78 is 2.60. The lowest BCUT2D eigenvalue weighted by atomic mass is 9.93. The lowest BCUT2D eigenvalue weighted by Gasteiger charge is -2.15. The maximum absolute atomic E-state index is 5.27. The number of hydrogen-bond acceptors (Lipinski definition) is 3. The second-order valence-electron chi connectivity index (χ2n) is 13.4. The summed E-state index contributed by atoms with van der Waals surface area (Å²) in [5.74, 6) is 0.701. The molecule has 8 aromatic carbocycles. The van der Waals surface area contributed by atoms with E-state index in [-0.39, 0.29) is 0 Å². The van der Waals surface area contributed by atoms with Gasteiger partial charge in [-0.1, -0.05) is 158 Å². The molecule has 0 bridgehead atoms. The van der Waals surface area contributed by atoms with Gasteiger partial charge in [0.25, 0.3) is 0 Å². The second-order valence-corrected chi connectivity index (χ2v) is 14.5. The van der Waals surface area contributed by atoms with Gasteiger partial charge in [0.2, 0.25) is 0 Å². The fraction of sp³-hybridized carbons (Fsp3) is 0. The molecular weight excluding hydrogens is 661 g/mol. The van der Waals surface area contributed by atoms with Crippen LogP contribution in [0.15, 0.2) is 194 Å². The summed E-state index contributed by atoms with van der Waals surface area (Å²) >= 11 is 1.86. The van der Waals surface area contributed by atoms with Crippen LogP contribution in [-0.4, -0.2) is 9.97 Å². The Balaban J connectivity index is 1.18. The molecule has 53 heavy (non-hydrogen) atoms. The van der Waals surface area contributed by atoms with Crippen molar-refractivity contribution in [3.05, 3.63) is 194 Å². The van der Waals surface area contributed by atoms with Gasteiger partial charge in [-0.3, -0.25) is 0 Å². The summed E-state index contributed by atoms with van der Waals surface area (Å²) in [6.07, 6.45) is 0. The van der Waals surface area contributed by atoms with Gasteiger partial charge in [-0.2, -0.15) is 0 Å². The number of fused-ring (bicyclic) bond motifs is 5. The molecule has 0 aliphatic heterocycles. The Morgan fingerprint density at radius 3 is 1.70 bits per heavy atom. The molecule has 0 radical (unpaired) electrons. The van der Waals surface area contributed by atoms with Crippen molar-refractivity contribution >= 4 is 42.3 Å². The quantitative estimate of drug-likeness (QED) is 0.173. The zero-order valence-electron chi connectivity index (χ0n) is 28.8. The van der Waals surface area contributed by atoms with Crippen molar-refractivity contribution in [2.24, 2.45) is 0 Å². The lowest BCUT2D eigenvalue weighted by molar-refractivity contribution is 1.18. The van der Waals surface area contributed by atoms with Crippen LogP contribution in [0.1, 0.15) is 0 Å². The summed E-state index contributed by atoms with van der Waals surface area (Å²) in [6, 6.07) is 69.2. The summed E-state index contributed by atoms with van der Waals surface area (Å²) in [4.78, 5) is 10.5. The molecule has 2 aromatic heterocycles. The third-order valence-electron chi connectivity index (χ3n) is 10.1. The van der Waals surface area contributed by atoms with Crippen LogP contribution in [0.2, 0.25) is 0 Å². The maximum Gasteiger partial charge on any atom is 0.160 e. The normalized spacial score (nSPS) is 11.4. The van der Waals surface area contributed by atoms with Crippen LogP contribution in [0.4, 0.5) is 0 Å². The average Bonchev–Trinajstić information content (AvgIpc) is 3.63. The second kappa shape index (κ2) is 13.1. The first-order valence-electron chi connectivity index (χ1n) is 17.9. The first-order valence-corrected chi connectivity index (χ1v) is 18.7. The number of hydrogen-bond donors (Lipinski definition) is 0. The fourth-order valence-corrected chi connectivity index (χ4v) is 8.65. The smallest absolute Gasteiger partial charge is 0.160 e. The Bertz CT molecular complexity index is 2930. The molecule has 0 unspecified atom stereocenters. The van der Waals surface area contributed by atoms with E-state index in [4.69, 9.17) is 9.97 Å². The zero-order chi connectivity index (χ0) is 35.1. The van der Waals surface area contributed by atoms with Crippen LogP contribution in [0, 0.1) is 0 Å². The van der Waals surface area contributed by atoms with Crippen molar-refractivity contribution in [3.8, 4) is 67.3 Å². The number of benzene rings is 8. The van der Waals surface area contributed by atoms with Gasteiger partial charge >= 0.3 is 0 Å². The van der Waals surface area contributed by atoms with E-state index in [1.165, 1.54) is 36.5 Å². The highest BCUT2D eigenvalue weighted by molar-refractivity contribution is 7.26. The van der Waals surface area contributed by atoms with Crippen LogP contribution >= 0.6 is 11.3 Å². The van der Waals surface area contributed by atoms with Crippen LogP contribution < -0.4 is 0 Å². The van der Waals surface area contributed by atoms with Crippen molar-refractivity contribution in [2.75, 3.05) is 0 Å². The Kier molecular flexibility index (Phi) is 7.71. The fourth-order valence-electron chi connectivity index (χ4n) is 7.49. The van der Waals surface area contributed by atoms with Gasteiger partial charge in [-0.05, 0) is 80.6 Å². The third kappa shape index (κ3) is 5.78. The molecule has 0 atom stereocenters. The summed E-state index contributed by atoms with van der Waals surface area (Å²) in [5, 5.41) is 5.22. The predicted octanol–water partition coefficient (Wildman–Crippen LogP) is 14.0. The van der Waals surface area contributed by atoms with Crippen LogP contribution in [0.25, 0.3) is 98.2 Å². The molecule has 3 heteroatoms. The SMILES string of the molecule is c1ccc(-c2cc(-c3ccc4c(c3)sc3ccc5ccccc5c34)cc(-c3cc(-c4ccccc4-c4ccccc4)nc(-c4ccccc4)n3)c2)cc1. The molecule has 0 saturated carbocycles. The van der Waals surface area contributed by atoms with Crippen LogP contribution in [0.3, 0.4) is 0 Å². The molecule has 0 aliphatic rings. The molecule has 0 fully saturated rings. The molecule has 10 rings (SSSR count). The van der Waals surface area contributed by atoms with Crippen molar-refractivity contribution in [1.29, 1.82) is 0 Å². The minimum Gasteiger partial charge on any atom is -0.228 e. The number of nitrogens with zero attached hydrogens (tertiary/aromatic N) is 2. The highest BCUT2D eigenvalue weighted by atomic mass is 32.1. The Morgan fingerprint density at radius 1 is 0.321 bits per heavy atom. The van der Waals surface area contributed by atoms with E-state index in [2.05, 4.69) is 176 Å². The van der Waals surface area contributed by atoms with Crippen molar-refractivity contribution in [2.45, 2.75) is 0 Å². The van der Waals surface area contributed by atoms with E-state index in [1.54, 1.807) is 0 Å². The molecule has 0 aliphatic carbocycles. The lowest BCUT2D eigenvalue weighted by Crippen LogP contribution is -1.97. The zero-order valence-corrected chi connectivity index (χ0v) is 29.6. The Morgan fingerprint density at radius 2 is 0.925 bits per heavy atom. The maximum atomic E-state index is 5.27. The van der Waals surface area contributed by atoms with Gasteiger partial charge in [-0.25, -0.2) is 9.97 Å². The van der Waals surface area contributed by atoms with E-state index in [0.29, 0.717) is 5.82 Å². The summed E-state index contributed by atoms with van der Waals surface area (Å²) in [7, 11) is 0. The Labute approximate surface area is 312 Å². The summed E-state index contributed by atoms with van der Waals surface area (Å²) in [5.41, 5.74) is 11.8. The van der Waals surface area contributed by atoms with Gasteiger partial charge in [-0.15, -0.1) is 11.3 Å². The molecule has 0 N–H and O–H groups in total. The standard InChI is InChI=1S/C50H32N2S/c1-4-14-33(15-5-1)38-28-39(37-24-26-44-48(31-37)53-47-27-25-35-18-10-11-22-42(35)49(44)47)30-40(29-38)45-32-46(52-50(51-45)36-19-8-3-9-20-36)43-23-13-12-21-41(43)34-16-6-2-7-17-34/h1-32H. The van der Waals surface area contributed by atoms with Crippen molar-refractivity contribution < 1.29 is 0 Å². The van der Waals surface area contributed by atoms with Gasteiger partial charge in [0.15, 0.2) is 5.82 Å². The molecular formula is C50H32N2S. The Hall–Kier alpha value is -6.68. The van der Waals surface area contributed by atoms with E-state index in [9.17, 15) is 0 Å². The highest BCUT2D eigenvalue weighted by Crippen LogP contribution is 2.42. The number of aromatic nitrogens is 2. The van der Waals surface area contributed by atoms with E-state index in [0.717, 1.165) is 55.9 Å². The molecule has 2 heterocycles. The molecule has 0 spiro atoms. The number of thiophene rings is 1. The average molecular weight is 693 g/mol. The number of rotatable bonds is 6.